The van der Waals surface area contributed by atoms with Gasteiger partial charge in [-0.15, -0.1) is 0 Å². The van der Waals surface area contributed by atoms with Crippen molar-refractivity contribution >= 4 is 23.6 Å². The number of aryl methyl sites for hydroxylation is 2. The number of aromatic hydroxyl groups is 2. The number of carbonyl (C=O) groups is 3. The summed E-state index contributed by atoms with van der Waals surface area (Å²) in [6, 6.07) is 15.9. The Morgan fingerprint density at radius 3 is 2.14 bits per heavy atom. The molecule has 3 unspecified atom stereocenters. The van der Waals surface area contributed by atoms with Crippen LogP contribution in [-0.4, -0.2) is 50.7 Å². The van der Waals surface area contributed by atoms with Gasteiger partial charge in [0.05, 0.1) is 0 Å². The molecular weight excluding hydrogens is 546 g/mol. The summed E-state index contributed by atoms with van der Waals surface area (Å²) < 4.78 is 5.48. The predicted molar refractivity (Wildman–Crippen MR) is 167 cm³/mol. The number of rotatable bonds is 10. The molecular formula is C34H43N3O6. The number of hydrogen-bond acceptors (Lipinski definition) is 6. The number of nitrogens with one attached hydrogen (secondary N) is 2. The van der Waals surface area contributed by atoms with Crippen LogP contribution in [0.5, 0.6) is 11.5 Å². The van der Waals surface area contributed by atoms with Gasteiger partial charge in [0, 0.05) is 23.7 Å². The van der Waals surface area contributed by atoms with E-state index in [0.717, 1.165) is 5.56 Å². The highest BCUT2D eigenvalue weighted by Crippen LogP contribution is 2.35. The molecule has 43 heavy (non-hydrogen) atoms. The molecule has 3 rings (SSSR count). The van der Waals surface area contributed by atoms with E-state index in [1.54, 1.807) is 70.2 Å². The zero-order valence-corrected chi connectivity index (χ0v) is 26.0. The molecule has 3 aromatic carbocycles. The van der Waals surface area contributed by atoms with Gasteiger partial charge in [-0.2, -0.15) is 0 Å². The van der Waals surface area contributed by atoms with E-state index in [-0.39, 0.29) is 23.5 Å². The van der Waals surface area contributed by atoms with E-state index in [1.807, 2.05) is 32.9 Å². The molecule has 3 amide bonds. The number of phenolic OH excluding ortho intramolecular Hbond substituents is 2. The molecule has 0 bridgehead atoms. The number of para-hydroxylation sites is 2. The number of alkyl carbamates (subject to hydrolysis) is 1. The molecule has 0 heterocycles. The molecule has 9 nitrogen and oxygen atoms in total. The quantitative estimate of drug-likeness (QED) is 0.224. The molecule has 0 aliphatic rings. The largest absolute Gasteiger partial charge is 0.508 e. The molecule has 0 saturated carbocycles. The average Bonchev–Trinajstić information content (AvgIpc) is 2.93. The maximum Gasteiger partial charge on any atom is 0.408 e. The van der Waals surface area contributed by atoms with E-state index in [2.05, 4.69) is 10.6 Å². The third-order valence-electron chi connectivity index (χ3n) is 7.18. The summed E-state index contributed by atoms with van der Waals surface area (Å²) >= 11 is 0. The molecule has 0 aromatic heterocycles. The van der Waals surface area contributed by atoms with Crippen LogP contribution in [0.4, 0.5) is 10.5 Å². The normalized spacial score (nSPS) is 13.4. The van der Waals surface area contributed by atoms with Crippen LogP contribution in [0.2, 0.25) is 0 Å². The summed E-state index contributed by atoms with van der Waals surface area (Å²) in [5.74, 6) is -1.07. The highest BCUT2D eigenvalue weighted by atomic mass is 16.6. The highest BCUT2D eigenvalue weighted by molar-refractivity contribution is 6.00. The van der Waals surface area contributed by atoms with Gasteiger partial charge >= 0.3 is 6.09 Å². The van der Waals surface area contributed by atoms with Crippen LogP contribution in [0.3, 0.4) is 0 Å². The second kappa shape index (κ2) is 14.1. The van der Waals surface area contributed by atoms with E-state index < -0.39 is 41.6 Å². The van der Waals surface area contributed by atoms with Crippen LogP contribution in [-0.2, 0) is 20.7 Å². The van der Waals surface area contributed by atoms with Crippen molar-refractivity contribution in [3.63, 3.8) is 0 Å². The van der Waals surface area contributed by atoms with Crippen LogP contribution >= 0.6 is 0 Å². The second-order valence-corrected chi connectivity index (χ2v) is 11.8. The van der Waals surface area contributed by atoms with Crippen molar-refractivity contribution in [2.45, 2.75) is 85.0 Å². The topological polar surface area (TPSA) is 128 Å². The monoisotopic (exact) mass is 589 g/mol. The molecule has 9 heteroatoms. The average molecular weight is 590 g/mol. The highest BCUT2D eigenvalue weighted by Gasteiger charge is 2.40. The number of ether oxygens (including phenoxy) is 1. The first kappa shape index (κ1) is 33.0. The summed E-state index contributed by atoms with van der Waals surface area (Å²) in [4.78, 5) is 43.2. The maximum absolute atomic E-state index is 14.6. The molecule has 3 atom stereocenters. The third kappa shape index (κ3) is 8.73. The van der Waals surface area contributed by atoms with E-state index in [0.29, 0.717) is 23.2 Å². The van der Waals surface area contributed by atoms with E-state index >= 15 is 0 Å². The van der Waals surface area contributed by atoms with Crippen LogP contribution in [0.15, 0.2) is 66.7 Å². The molecule has 0 aliphatic carbocycles. The summed E-state index contributed by atoms with van der Waals surface area (Å²) in [5.41, 5.74) is 2.09. The van der Waals surface area contributed by atoms with E-state index in [4.69, 9.17) is 4.74 Å². The Morgan fingerprint density at radius 2 is 1.53 bits per heavy atom. The van der Waals surface area contributed by atoms with Gasteiger partial charge in [0.15, 0.2) is 0 Å². The molecule has 4 N–H and O–H groups in total. The lowest BCUT2D eigenvalue weighted by molar-refractivity contribution is -0.143. The number of benzene rings is 3. The Balaban J connectivity index is 2.14. The third-order valence-corrected chi connectivity index (χ3v) is 7.18. The first-order valence-electron chi connectivity index (χ1n) is 14.5. The first-order valence-corrected chi connectivity index (χ1v) is 14.5. The fourth-order valence-corrected chi connectivity index (χ4v) is 4.73. The number of hydrogen-bond donors (Lipinski definition) is 4. The van der Waals surface area contributed by atoms with Gasteiger partial charge in [-0.3, -0.25) is 9.59 Å². The summed E-state index contributed by atoms with van der Waals surface area (Å²) in [6.45, 7) is 12.5. The van der Waals surface area contributed by atoms with Crippen LogP contribution in [0, 0.1) is 13.8 Å². The lowest BCUT2D eigenvalue weighted by Crippen LogP contribution is -2.55. The van der Waals surface area contributed by atoms with Crippen LogP contribution in [0.25, 0.3) is 0 Å². The van der Waals surface area contributed by atoms with Crippen molar-refractivity contribution in [1.82, 2.24) is 10.2 Å². The number of amides is 3. The zero-order valence-electron chi connectivity index (χ0n) is 26.0. The Hall–Kier alpha value is -4.53. The van der Waals surface area contributed by atoms with E-state index in [1.165, 1.54) is 17.0 Å². The Kier molecular flexibility index (Phi) is 10.8. The molecule has 0 fully saturated rings. The zero-order chi connectivity index (χ0) is 31.9. The summed E-state index contributed by atoms with van der Waals surface area (Å²) in [6.07, 6.45) is -0.227. The molecule has 0 saturated heterocycles. The first-order chi connectivity index (χ1) is 20.2. The standard InChI is InChI=1S/C34H43N3O6/c1-8-23(4)37(32(41)28(36-33(42)43-34(5,6)7)20-24-16-18-25(38)19-17-24)29(26-14-11-13-22(3)30(26)39)31(40)35-27-15-10-9-12-21(27)2/h9-19,23,28-29,38-39H,8,20H2,1-7H3,(H,35,40)(H,36,42). The van der Waals surface area contributed by atoms with Crippen molar-refractivity contribution in [2.24, 2.45) is 0 Å². The molecule has 0 spiro atoms. The smallest absolute Gasteiger partial charge is 0.408 e. The minimum atomic E-state index is -1.23. The van der Waals surface area contributed by atoms with Gasteiger partial charge in [-0.25, -0.2) is 4.79 Å². The lowest BCUT2D eigenvalue weighted by atomic mass is 9.96. The second-order valence-electron chi connectivity index (χ2n) is 11.8. The fourth-order valence-electron chi connectivity index (χ4n) is 4.73. The number of anilines is 1. The summed E-state index contributed by atoms with van der Waals surface area (Å²) in [7, 11) is 0. The number of carbonyl (C=O) groups excluding carboxylic acids is 3. The Bertz CT molecular complexity index is 1430. The number of nitrogens with zero attached hydrogens (tertiary/aromatic N) is 1. The maximum atomic E-state index is 14.6. The minimum absolute atomic E-state index is 0.0656. The Morgan fingerprint density at radius 1 is 0.907 bits per heavy atom. The van der Waals surface area contributed by atoms with Crippen LogP contribution < -0.4 is 10.6 Å². The molecule has 0 radical (unpaired) electrons. The Labute approximate surface area is 253 Å². The lowest BCUT2D eigenvalue weighted by Gasteiger charge is -2.38. The number of phenols is 2. The van der Waals surface area contributed by atoms with Crippen LogP contribution in [0.1, 0.15) is 69.3 Å². The van der Waals surface area contributed by atoms with Crippen molar-refractivity contribution < 1.29 is 29.3 Å². The van der Waals surface area contributed by atoms with Gasteiger partial charge in [0.1, 0.15) is 29.2 Å². The SMILES string of the molecule is CCC(C)N(C(=O)C(Cc1ccc(O)cc1)NC(=O)OC(C)(C)C)C(C(=O)Nc1ccccc1C)c1cccc(C)c1O. The van der Waals surface area contributed by atoms with Gasteiger partial charge in [0.2, 0.25) is 5.91 Å². The van der Waals surface area contributed by atoms with Gasteiger partial charge in [0.25, 0.3) is 5.91 Å². The minimum Gasteiger partial charge on any atom is -0.508 e. The van der Waals surface area contributed by atoms with E-state index in [9.17, 15) is 24.6 Å². The summed E-state index contributed by atoms with van der Waals surface area (Å²) in [5, 5.41) is 26.6. The molecule has 0 aliphatic heterocycles. The van der Waals surface area contributed by atoms with Gasteiger partial charge < -0.3 is 30.5 Å². The fraction of sp³-hybridized carbons (Fsp3) is 0.382. The van der Waals surface area contributed by atoms with Crippen molar-refractivity contribution in [3.05, 3.63) is 89.0 Å². The predicted octanol–water partition coefficient (Wildman–Crippen LogP) is 6.16. The van der Waals surface area contributed by atoms with Crippen molar-refractivity contribution in [3.8, 4) is 11.5 Å². The van der Waals surface area contributed by atoms with Gasteiger partial charge in [-0.1, -0.05) is 55.5 Å². The van der Waals surface area contributed by atoms with Gasteiger partial charge in [-0.05, 0) is 82.9 Å². The molecule has 3 aromatic rings. The molecule has 230 valence electrons. The van der Waals surface area contributed by atoms with Crippen molar-refractivity contribution in [1.29, 1.82) is 0 Å². The van der Waals surface area contributed by atoms with Crippen molar-refractivity contribution in [2.75, 3.05) is 5.32 Å².